The summed E-state index contributed by atoms with van der Waals surface area (Å²) in [5, 5.41) is 1.95. The summed E-state index contributed by atoms with van der Waals surface area (Å²) in [6.45, 7) is 25.2. The second kappa shape index (κ2) is 21.1. The van der Waals surface area contributed by atoms with Gasteiger partial charge in [0.15, 0.2) is 0 Å². The van der Waals surface area contributed by atoms with Gasteiger partial charge in [0.1, 0.15) is 0 Å². The maximum absolute atomic E-state index is 5.22. The van der Waals surface area contributed by atoms with Crippen molar-refractivity contribution < 1.29 is 0 Å². The molecule has 61 heavy (non-hydrogen) atoms. The molecule has 0 fully saturated rings. The van der Waals surface area contributed by atoms with Gasteiger partial charge < -0.3 is 0 Å². The lowest BCUT2D eigenvalue weighted by Crippen LogP contribution is -2.25. The van der Waals surface area contributed by atoms with Crippen molar-refractivity contribution in [2.24, 2.45) is 4.99 Å². The number of rotatable bonds is 15. The average molecular weight is 790 g/mol. The summed E-state index contributed by atoms with van der Waals surface area (Å²) < 4.78 is 0. The smallest absolute Gasteiger partial charge is 0.0783 e. The van der Waals surface area contributed by atoms with Crippen molar-refractivity contribution in [3.63, 3.8) is 0 Å². The van der Waals surface area contributed by atoms with E-state index in [-0.39, 0.29) is 0 Å². The van der Waals surface area contributed by atoms with Crippen LogP contribution >= 0.6 is 0 Å². The van der Waals surface area contributed by atoms with Gasteiger partial charge in [0.25, 0.3) is 0 Å². The predicted molar refractivity (Wildman–Crippen MR) is 270 cm³/mol. The van der Waals surface area contributed by atoms with Crippen LogP contribution in [0.4, 0.5) is 0 Å². The van der Waals surface area contributed by atoms with E-state index in [1.54, 1.807) is 0 Å². The first-order valence-corrected chi connectivity index (χ1v) is 20.8. The van der Waals surface area contributed by atoms with Crippen molar-refractivity contribution in [2.75, 3.05) is 0 Å². The van der Waals surface area contributed by atoms with Crippen molar-refractivity contribution in [1.82, 2.24) is 0 Å². The van der Waals surface area contributed by atoms with Crippen LogP contribution in [0.2, 0.25) is 0 Å². The molecule has 300 valence electrons. The normalized spacial score (nSPS) is 13.0. The van der Waals surface area contributed by atoms with Crippen molar-refractivity contribution in [2.45, 2.75) is 34.1 Å². The number of aryl methyl sites for hydroxylation is 1. The summed E-state index contributed by atoms with van der Waals surface area (Å²) in [4.78, 5) is 5.22. The molecule has 0 saturated heterocycles. The van der Waals surface area contributed by atoms with E-state index in [0.717, 1.165) is 95.1 Å². The third-order valence-electron chi connectivity index (χ3n) is 10.8. The van der Waals surface area contributed by atoms with Gasteiger partial charge in [-0.1, -0.05) is 208 Å². The molecule has 1 heteroatoms. The summed E-state index contributed by atoms with van der Waals surface area (Å²) >= 11 is 0. The Hall–Kier alpha value is -7.35. The van der Waals surface area contributed by atoms with Crippen LogP contribution in [0.1, 0.15) is 70.8 Å². The van der Waals surface area contributed by atoms with Gasteiger partial charge in [-0.05, 0) is 130 Å². The summed E-state index contributed by atoms with van der Waals surface area (Å²) in [5.41, 5.74) is 17.4. The van der Waals surface area contributed by atoms with Crippen molar-refractivity contribution in [1.29, 1.82) is 0 Å². The number of hydrogen-bond donors (Lipinski definition) is 0. The van der Waals surface area contributed by atoms with E-state index in [1.165, 1.54) is 11.1 Å². The molecule has 0 spiro atoms. The molecule has 0 amide bonds. The maximum Gasteiger partial charge on any atom is 0.0783 e. The average Bonchev–Trinajstić information content (AvgIpc) is 3.29. The van der Waals surface area contributed by atoms with Crippen molar-refractivity contribution in [3.8, 4) is 11.1 Å². The molecule has 0 aromatic heterocycles. The van der Waals surface area contributed by atoms with Crippen LogP contribution in [0.25, 0.3) is 52.3 Å². The molecule has 6 aromatic carbocycles. The van der Waals surface area contributed by atoms with E-state index < -0.39 is 0 Å². The first-order valence-electron chi connectivity index (χ1n) is 20.8. The zero-order valence-corrected chi connectivity index (χ0v) is 36.0. The highest BCUT2D eigenvalue weighted by Crippen LogP contribution is 2.30. The molecule has 0 radical (unpaired) electrons. The van der Waals surface area contributed by atoms with Crippen LogP contribution in [0.5, 0.6) is 0 Å². The van der Waals surface area contributed by atoms with Gasteiger partial charge in [-0.25, -0.2) is 0 Å². The third kappa shape index (κ3) is 11.2. The van der Waals surface area contributed by atoms with Gasteiger partial charge in [0.2, 0.25) is 0 Å². The fourth-order valence-corrected chi connectivity index (χ4v) is 7.25. The third-order valence-corrected chi connectivity index (χ3v) is 10.8. The molecule has 6 aromatic rings. The molecule has 6 rings (SSSR count). The zero-order chi connectivity index (χ0) is 43.1. The molecular formula is C60H55N. The van der Waals surface area contributed by atoms with Gasteiger partial charge in [0, 0.05) is 16.5 Å². The van der Waals surface area contributed by atoms with E-state index in [9.17, 15) is 0 Å². The quantitative estimate of drug-likeness (QED) is 0.0726. The van der Waals surface area contributed by atoms with E-state index in [4.69, 9.17) is 4.99 Å². The fraction of sp³-hybridized carbons (Fsp3) is 0.0833. The molecule has 0 heterocycles. The molecule has 0 saturated carbocycles. The van der Waals surface area contributed by atoms with Crippen LogP contribution in [-0.4, -0.2) is 5.71 Å². The second-order valence-electron chi connectivity index (χ2n) is 15.0. The highest BCUT2D eigenvalue weighted by Gasteiger charge is 2.10. The predicted octanol–water partition coefficient (Wildman–Crippen LogP) is 14.5. The molecular weight excluding hydrogens is 735 g/mol. The fourth-order valence-electron chi connectivity index (χ4n) is 7.25. The van der Waals surface area contributed by atoms with Gasteiger partial charge in [-0.15, -0.1) is 0 Å². The second-order valence-corrected chi connectivity index (χ2v) is 15.0. The monoisotopic (exact) mass is 789 g/mol. The molecule has 0 aliphatic carbocycles. The van der Waals surface area contributed by atoms with Gasteiger partial charge in [-0.2, -0.15) is 0 Å². The lowest BCUT2D eigenvalue weighted by atomic mass is 9.93. The Morgan fingerprint density at radius 3 is 2.07 bits per heavy atom. The summed E-state index contributed by atoms with van der Waals surface area (Å²) in [6, 6.07) is 49.2. The van der Waals surface area contributed by atoms with E-state index in [0.29, 0.717) is 0 Å². The number of allylic oxidation sites excluding steroid dienone is 11. The molecule has 0 bridgehead atoms. The first kappa shape index (κ1) is 43.2. The number of benzene rings is 6. The van der Waals surface area contributed by atoms with E-state index in [1.807, 2.05) is 74.5 Å². The van der Waals surface area contributed by atoms with Crippen LogP contribution in [0, 0.1) is 6.92 Å². The topological polar surface area (TPSA) is 12.4 Å². The van der Waals surface area contributed by atoms with Crippen LogP contribution in [0.15, 0.2) is 213 Å². The van der Waals surface area contributed by atoms with Crippen molar-refractivity contribution in [3.05, 3.63) is 268 Å². The molecule has 0 atom stereocenters. The van der Waals surface area contributed by atoms with E-state index in [2.05, 4.69) is 180 Å². The Morgan fingerprint density at radius 1 is 0.639 bits per heavy atom. The van der Waals surface area contributed by atoms with Crippen LogP contribution < -0.4 is 10.4 Å². The van der Waals surface area contributed by atoms with Crippen LogP contribution in [-0.2, 0) is 6.42 Å². The Balaban J connectivity index is 1.39. The van der Waals surface area contributed by atoms with E-state index >= 15 is 0 Å². The molecule has 0 N–H and O–H groups in total. The SMILES string of the molecule is C=C/C(=C\C)c1cccc(/C=C\Cc2cc(C(=C)/C=C\c3cc(/C(C=C)=C/C=C\C)ccc3C)cc(-c3ccc(/C(N=C(C)c4ccccc4)=c4\ccccc4=C)cc3)c2)c1. The minimum absolute atomic E-state index is 0.758. The summed E-state index contributed by atoms with van der Waals surface area (Å²) in [7, 11) is 0. The number of aliphatic imine (C=N–C) groups is 1. The minimum Gasteiger partial charge on any atom is -0.252 e. The van der Waals surface area contributed by atoms with Gasteiger partial charge in [0.05, 0.1) is 5.70 Å². The molecule has 0 unspecified atom stereocenters. The summed E-state index contributed by atoms with van der Waals surface area (Å²) in [6.07, 6.45) is 21.6. The van der Waals surface area contributed by atoms with Crippen LogP contribution in [0.3, 0.4) is 0 Å². The lowest BCUT2D eigenvalue weighted by Gasteiger charge is -2.12. The zero-order valence-electron chi connectivity index (χ0n) is 36.0. The standard InChI is InChI=1S/C60H55N/c1-9-13-25-50(12-4)56-33-31-43(5)54(41-56)32-30-44(6)57-39-48(24-19-22-47-23-20-28-55(38-47)49(10-2)11-3)40-58(42-57)52-34-36-53(37-35-52)60(59-29-18-17-21-45(59)7)61-46(8)51-26-15-14-16-27-51/h9-23,25-42H,2,4,6-7,24H2,1,3,5,8H3/b13-9-,22-19-,32-30-,49-11+,50-25+,60-59-,61-46?. The molecule has 1 nitrogen and oxygen atoms in total. The lowest BCUT2D eigenvalue weighted by molar-refractivity contribution is 1.27. The van der Waals surface area contributed by atoms with Gasteiger partial charge in [-0.3, -0.25) is 4.99 Å². The Morgan fingerprint density at radius 2 is 1.34 bits per heavy atom. The highest BCUT2D eigenvalue weighted by molar-refractivity contribution is 6.01. The number of nitrogens with zero attached hydrogens (tertiary/aromatic N) is 1. The highest BCUT2D eigenvalue weighted by atomic mass is 14.8. The minimum atomic E-state index is 0.758. The Kier molecular flexibility index (Phi) is 14.9. The number of hydrogen-bond acceptors (Lipinski definition) is 1. The molecule has 0 aliphatic heterocycles. The van der Waals surface area contributed by atoms with Crippen molar-refractivity contribution >= 4 is 46.9 Å². The van der Waals surface area contributed by atoms with Gasteiger partial charge >= 0.3 is 0 Å². The summed E-state index contributed by atoms with van der Waals surface area (Å²) in [5.74, 6) is 0. The first-order chi connectivity index (χ1) is 29.7. The largest absolute Gasteiger partial charge is 0.252 e. The molecule has 0 aliphatic rings. The maximum atomic E-state index is 5.22. The Bertz CT molecular complexity index is 2850. The Labute approximate surface area is 363 Å².